The number of aromatic nitrogens is 2. The lowest BCUT2D eigenvalue weighted by atomic mass is 10.1. The smallest absolute Gasteiger partial charge is 0.267 e. The number of nitrogens with two attached hydrogens (primary N) is 1. The van der Waals surface area contributed by atoms with Gasteiger partial charge in [-0.1, -0.05) is 30.3 Å². The number of pyridine rings is 1. The number of hydrogen-bond acceptors (Lipinski definition) is 2. The predicted molar refractivity (Wildman–Crippen MR) is 73.9 cm³/mol. The molecule has 0 bridgehead atoms. The molecule has 1 amide bonds. The van der Waals surface area contributed by atoms with Crippen LogP contribution in [0.3, 0.4) is 0 Å². The normalized spacial score (nSPS) is 10.8. The second kappa shape index (κ2) is 4.24. The van der Waals surface area contributed by atoms with E-state index in [0.29, 0.717) is 11.4 Å². The summed E-state index contributed by atoms with van der Waals surface area (Å²) in [5.41, 5.74) is 9.34. The van der Waals surface area contributed by atoms with Gasteiger partial charge in [-0.3, -0.25) is 9.20 Å². The Morgan fingerprint density at radius 3 is 2.53 bits per heavy atom. The minimum atomic E-state index is -0.463. The Hall–Kier alpha value is -2.62. The first-order valence-corrected chi connectivity index (χ1v) is 6.01. The van der Waals surface area contributed by atoms with Gasteiger partial charge < -0.3 is 5.73 Å². The minimum Gasteiger partial charge on any atom is -0.364 e. The number of imidazole rings is 1. The monoisotopic (exact) mass is 251 g/mol. The summed E-state index contributed by atoms with van der Waals surface area (Å²) < 4.78 is 1.75. The quantitative estimate of drug-likeness (QED) is 0.760. The molecule has 0 saturated carbocycles. The summed E-state index contributed by atoms with van der Waals surface area (Å²) in [6.45, 7) is 1.79. The summed E-state index contributed by atoms with van der Waals surface area (Å²) in [6, 6.07) is 13.9. The van der Waals surface area contributed by atoms with Crippen LogP contribution in [0.4, 0.5) is 0 Å². The van der Waals surface area contributed by atoms with Gasteiger partial charge in [0.2, 0.25) is 0 Å². The van der Waals surface area contributed by atoms with Gasteiger partial charge in [-0.25, -0.2) is 4.98 Å². The van der Waals surface area contributed by atoms with Crippen LogP contribution in [-0.2, 0) is 0 Å². The molecular weight excluding hydrogens is 238 g/mol. The topological polar surface area (TPSA) is 60.4 Å². The molecule has 0 atom stereocenters. The molecule has 4 heteroatoms. The standard InChI is InChI=1S/C15H13N3O/c1-10-14(15(16)19)18-9-12(7-8-13(18)17-10)11-5-3-2-4-6-11/h2-9H,1H3,(H2,16,19). The summed E-state index contributed by atoms with van der Waals surface area (Å²) in [7, 11) is 0. The fourth-order valence-electron chi connectivity index (χ4n) is 2.26. The first-order valence-electron chi connectivity index (χ1n) is 6.01. The molecule has 4 nitrogen and oxygen atoms in total. The number of rotatable bonds is 2. The molecule has 2 aromatic heterocycles. The fraction of sp³-hybridized carbons (Fsp3) is 0.0667. The molecule has 0 radical (unpaired) electrons. The van der Waals surface area contributed by atoms with Crippen molar-refractivity contribution in [2.75, 3.05) is 0 Å². The van der Waals surface area contributed by atoms with Gasteiger partial charge in [-0.05, 0) is 30.2 Å². The third-order valence-corrected chi connectivity index (χ3v) is 3.13. The molecule has 3 rings (SSSR count). The van der Waals surface area contributed by atoms with Crippen LogP contribution in [0.5, 0.6) is 0 Å². The zero-order chi connectivity index (χ0) is 13.4. The van der Waals surface area contributed by atoms with Crippen LogP contribution in [0.25, 0.3) is 16.8 Å². The average molecular weight is 251 g/mol. The van der Waals surface area contributed by atoms with Crippen LogP contribution >= 0.6 is 0 Å². The zero-order valence-corrected chi connectivity index (χ0v) is 10.5. The average Bonchev–Trinajstić information content (AvgIpc) is 2.74. The largest absolute Gasteiger partial charge is 0.364 e. The van der Waals surface area contributed by atoms with Crippen LogP contribution < -0.4 is 5.73 Å². The number of nitrogens with zero attached hydrogens (tertiary/aromatic N) is 2. The fourth-order valence-corrected chi connectivity index (χ4v) is 2.26. The predicted octanol–water partition coefficient (Wildman–Crippen LogP) is 2.41. The number of benzene rings is 1. The van der Waals surface area contributed by atoms with Crippen molar-refractivity contribution < 1.29 is 4.79 Å². The molecule has 0 unspecified atom stereocenters. The van der Waals surface area contributed by atoms with Gasteiger partial charge in [-0.2, -0.15) is 0 Å². The Balaban J connectivity index is 2.25. The van der Waals surface area contributed by atoms with E-state index in [2.05, 4.69) is 4.98 Å². The summed E-state index contributed by atoms with van der Waals surface area (Å²) in [6.07, 6.45) is 1.89. The molecule has 3 aromatic rings. The summed E-state index contributed by atoms with van der Waals surface area (Å²) >= 11 is 0. The maximum atomic E-state index is 11.5. The summed E-state index contributed by atoms with van der Waals surface area (Å²) in [5, 5.41) is 0. The van der Waals surface area contributed by atoms with E-state index in [1.807, 2.05) is 48.7 Å². The van der Waals surface area contributed by atoms with Gasteiger partial charge in [0.1, 0.15) is 11.3 Å². The molecule has 94 valence electrons. The van der Waals surface area contributed by atoms with Crippen LogP contribution in [0.15, 0.2) is 48.7 Å². The number of carbonyl (C=O) groups is 1. The maximum absolute atomic E-state index is 11.5. The highest BCUT2D eigenvalue weighted by Gasteiger charge is 2.13. The van der Waals surface area contributed by atoms with Crippen molar-refractivity contribution in [3.63, 3.8) is 0 Å². The number of aryl methyl sites for hydroxylation is 1. The summed E-state index contributed by atoms with van der Waals surface area (Å²) in [5.74, 6) is -0.463. The van der Waals surface area contributed by atoms with Crippen molar-refractivity contribution in [1.29, 1.82) is 0 Å². The van der Waals surface area contributed by atoms with Gasteiger partial charge in [0, 0.05) is 6.20 Å². The van der Waals surface area contributed by atoms with E-state index in [-0.39, 0.29) is 0 Å². The SMILES string of the molecule is Cc1nc2ccc(-c3ccccc3)cn2c1C(N)=O. The van der Waals surface area contributed by atoms with Gasteiger partial charge >= 0.3 is 0 Å². The lowest BCUT2D eigenvalue weighted by Gasteiger charge is -2.04. The van der Waals surface area contributed by atoms with Crippen LogP contribution in [-0.4, -0.2) is 15.3 Å². The van der Waals surface area contributed by atoms with E-state index in [9.17, 15) is 4.79 Å². The van der Waals surface area contributed by atoms with Crippen molar-refractivity contribution in [3.8, 4) is 11.1 Å². The molecule has 0 saturated heterocycles. The molecule has 0 aliphatic heterocycles. The minimum absolute atomic E-state index is 0.438. The Morgan fingerprint density at radius 1 is 1.11 bits per heavy atom. The molecule has 2 heterocycles. The van der Waals surface area contributed by atoms with Crippen molar-refractivity contribution in [2.24, 2.45) is 5.73 Å². The number of primary amides is 1. The van der Waals surface area contributed by atoms with E-state index < -0.39 is 5.91 Å². The van der Waals surface area contributed by atoms with Crippen LogP contribution in [0.2, 0.25) is 0 Å². The van der Waals surface area contributed by atoms with E-state index in [0.717, 1.165) is 16.8 Å². The molecule has 0 aliphatic carbocycles. The van der Waals surface area contributed by atoms with Gasteiger partial charge in [0.15, 0.2) is 0 Å². The third-order valence-electron chi connectivity index (χ3n) is 3.13. The highest BCUT2D eigenvalue weighted by atomic mass is 16.1. The molecular formula is C15H13N3O. The third kappa shape index (κ3) is 1.87. The Morgan fingerprint density at radius 2 is 1.84 bits per heavy atom. The highest BCUT2D eigenvalue weighted by Crippen LogP contribution is 2.21. The number of hydrogen-bond donors (Lipinski definition) is 1. The van der Waals surface area contributed by atoms with Crippen molar-refractivity contribution in [2.45, 2.75) is 6.92 Å². The van der Waals surface area contributed by atoms with Crippen LogP contribution in [0, 0.1) is 6.92 Å². The van der Waals surface area contributed by atoms with E-state index in [1.54, 1.807) is 11.3 Å². The van der Waals surface area contributed by atoms with E-state index >= 15 is 0 Å². The Bertz CT molecular complexity index is 760. The lowest BCUT2D eigenvalue weighted by molar-refractivity contribution is 0.0994. The number of amides is 1. The van der Waals surface area contributed by atoms with Crippen molar-refractivity contribution >= 4 is 11.6 Å². The zero-order valence-electron chi connectivity index (χ0n) is 10.5. The van der Waals surface area contributed by atoms with Gasteiger partial charge in [0.25, 0.3) is 5.91 Å². The number of fused-ring (bicyclic) bond motifs is 1. The van der Waals surface area contributed by atoms with Gasteiger partial charge in [-0.15, -0.1) is 0 Å². The molecule has 0 aliphatic rings. The lowest BCUT2D eigenvalue weighted by Crippen LogP contribution is -2.15. The maximum Gasteiger partial charge on any atom is 0.267 e. The van der Waals surface area contributed by atoms with E-state index in [4.69, 9.17) is 5.73 Å². The van der Waals surface area contributed by atoms with E-state index in [1.165, 1.54) is 0 Å². The Labute approximate surface area is 110 Å². The molecule has 19 heavy (non-hydrogen) atoms. The van der Waals surface area contributed by atoms with Crippen LogP contribution in [0.1, 0.15) is 16.2 Å². The molecule has 0 spiro atoms. The second-order valence-corrected chi connectivity index (χ2v) is 4.42. The first-order chi connectivity index (χ1) is 9.16. The van der Waals surface area contributed by atoms with Crippen molar-refractivity contribution in [1.82, 2.24) is 9.38 Å². The second-order valence-electron chi connectivity index (χ2n) is 4.42. The van der Waals surface area contributed by atoms with Crippen molar-refractivity contribution in [3.05, 3.63) is 60.0 Å². The molecule has 2 N–H and O–H groups in total. The molecule has 0 fully saturated rings. The highest BCUT2D eigenvalue weighted by molar-refractivity contribution is 5.93. The van der Waals surface area contributed by atoms with Gasteiger partial charge in [0.05, 0.1) is 5.69 Å². The number of carbonyl (C=O) groups excluding carboxylic acids is 1. The molecule has 1 aromatic carbocycles. The first kappa shape index (κ1) is 11.5. The summed E-state index contributed by atoms with van der Waals surface area (Å²) in [4.78, 5) is 15.8. The Kier molecular flexibility index (Phi) is 2.56.